The SMILES string of the molecule is CC(O)C(=O)[O-].[Na+].[Na+].[Ti+2]. The van der Waals surface area contributed by atoms with E-state index in [2.05, 4.69) is 0 Å². The number of hydrogen-bond acceptors (Lipinski definition) is 3. The molecular formula is C3H5Na2O3Ti+3. The minimum absolute atomic E-state index is 0. The number of carbonyl (C=O) groups excluding carboxylic acids is 1. The second-order valence-electron chi connectivity index (χ2n) is 0.995. The molecule has 0 spiro atoms. The van der Waals surface area contributed by atoms with Crippen molar-refractivity contribution in [1.29, 1.82) is 0 Å². The first-order valence-corrected chi connectivity index (χ1v) is 1.53. The van der Waals surface area contributed by atoms with Gasteiger partial charge in [-0.25, -0.2) is 0 Å². The standard InChI is InChI=1S/C3H6O3.2Na.Ti/c1-2(4)3(5)6;;;/h2,4H,1H3,(H,5,6);;;/q;2*+1;+2/p-1. The van der Waals surface area contributed by atoms with Crippen LogP contribution in [0.1, 0.15) is 6.92 Å². The van der Waals surface area contributed by atoms with Gasteiger partial charge in [-0.15, -0.1) is 0 Å². The summed E-state index contributed by atoms with van der Waals surface area (Å²) in [6.45, 7) is 1.13. The van der Waals surface area contributed by atoms with Gasteiger partial charge in [-0.3, -0.25) is 0 Å². The minimum Gasteiger partial charge on any atom is -0.547 e. The Morgan fingerprint density at radius 3 is 1.67 bits per heavy atom. The van der Waals surface area contributed by atoms with Crippen molar-refractivity contribution in [1.82, 2.24) is 0 Å². The van der Waals surface area contributed by atoms with Crippen molar-refractivity contribution in [3.63, 3.8) is 0 Å². The van der Waals surface area contributed by atoms with Gasteiger partial charge in [0.25, 0.3) is 0 Å². The van der Waals surface area contributed by atoms with Crippen molar-refractivity contribution >= 4 is 5.97 Å². The van der Waals surface area contributed by atoms with Crippen molar-refractivity contribution in [2.45, 2.75) is 13.0 Å². The first-order valence-electron chi connectivity index (χ1n) is 1.53. The average molecular weight is 183 g/mol. The van der Waals surface area contributed by atoms with E-state index in [1.54, 1.807) is 0 Å². The molecule has 1 unspecified atom stereocenters. The Hall–Kier alpha value is 2.14. The molecule has 9 heavy (non-hydrogen) atoms. The van der Waals surface area contributed by atoms with Gasteiger partial charge in [-0.2, -0.15) is 0 Å². The van der Waals surface area contributed by atoms with Crippen LogP contribution in [0.3, 0.4) is 0 Å². The number of carboxylic acids is 1. The topological polar surface area (TPSA) is 60.4 Å². The zero-order chi connectivity index (χ0) is 5.15. The summed E-state index contributed by atoms with van der Waals surface area (Å²) in [7, 11) is 0. The molecule has 0 fully saturated rings. The molecule has 0 heterocycles. The first kappa shape index (κ1) is 22.5. The number of aliphatic hydroxyl groups is 1. The van der Waals surface area contributed by atoms with Crippen LogP contribution in [-0.4, -0.2) is 17.2 Å². The second kappa shape index (κ2) is 12.8. The van der Waals surface area contributed by atoms with Gasteiger partial charge in [0.05, 0.1) is 12.1 Å². The van der Waals surface area contributed by atoms with Gasteiger partial charge in [0.1, 0.15) is 0 Å². The van der Waals surface area contributed by atoms with Gasteiger partial charge >= 0.3 is 80.8 Å². The van der Waals surface area contributed by atoms with Crippen molar-refractivity contribution < 1.29 is 95.8 Å². The maximum Gasteiger partial charge on any atom is 2.00 e. The van der Waals surface area contributed by atoms with Crippen molar-refractivity contribution in [2.24, 2.45) is 0 Å². The summed E-state index contributed by atoms with van der Waals surface area (Å²) in [5.74, 6) is -1.44. The van der Waals surface area contributed by atoms with Crippen LogP contribution in [0, 0.1) is 0 Å². The molecule has 3 nitrogen and oxygen atoms in total. The Kier molecular flexibility index (Phi) is 31.9. The van der Waals surface area contributed by atoms with Crippen LogP contribution in [0.5, 0.6) is 0 Å². The minimum atomic E-state index is -1.44. The van der Waals surface area contributed by atoms with E-state index < -0.39 is 12.1 Å². The second-order valence-corrected chi connectivity index (χ2v) is 0.995. The van der Waals surface area contributed by atoms with Crippen LogP contribution in [-0.2, 0) is 26.5 Å². The molecule has 0 aliphatic rings. The monoisotopic (exact) mass is 183 g/mol. The molecule has 0 aromatic carbocycles. The van der Waals surface area contributed by atoms with E-state index in [-0.39, 0.29) is 80.8 Å². The average Bonchev–Trinajstić information content (AvgIpc) is 1.36. The van der Waals surface area contributed by atoms with Gasteiger partial charge in [0.2, 0.25) is 0 Å². The van der Waals surface area contributed by atoms with Crippen LogP contribution in [0.2, 0.25) is 0 Å². The Morgan fingerprint density at radius 1 is 1.56 bits per heavy atom. The Bertz CT molecular complexity index is 68.1. The number of carboxylic acid groups (broad SMARTS) is 1. The summed E-state index contributed by atoms with van der Waals surface area (Å²) in [6, 6.07) is 0. The molecular weight excluding hydrogens is 178 g/mol. The third kappa shape index (κ3) is 17.8. The molecule has 0 radical (unpaired) electrons. The van der Waals surface area contributed by atoms with Crippen LogP contribution < -0.4 is 64.2 Å². The third-order valence-electron chi connectivity index (χ3n) is 0.341. The van der Waals surface area contributed by atoms with E-state index in [0.717, 1.165) is 6.92 Å². The predicted molar refractivity (Wildman–Crippen MR) is 16.7 cm³/mol. The van der Waals surface area contributed by atoms with E-state index >= 15 is 0 Å². The maximum absolute atomic E-state index is 9.34. The van der Waals surface area contributed by atoms with E-state index in [0.29, 0.717) is 0 Å². The summed E-state index contributed by atoms with van der Waals surface area (Å²) in [5.41, 5.74) is 0. The Balaban J connectivity index is -0.0000000417. The number of hydrogen-bond donors (Lipinski definition) is 1. The Labute approximate surface area is 113 Å². The molecule has 0 aromatic rings. The molecule has 38 valence electrons. The number of aliphatic hydroxyl groups excluding tert-OH is 1. The molecule has 1 atom stereocenters. The van der Waals surface area contributed by atoms with E-state index in [1.165, 1.54) is 0 Å². The van der Waals surface area contributed by atoms with Crippen LogP contribution >= 0.6 is 0 Å². The third-order valence-corrected chi connectivity index (χ3v) is 0.341. The largest absolute Gasteiger partial charge is 2.00 e. The summed E-state index contributed by atoms with van der Waals surface area (Å²) in [6.07, 6.45) is -1.34. The van der Waals surface area contributed by atoms with E-state index in [4.69, 9.17) is 5.11 Å². The van der Waals surface area contributed by atoms with Crippen LogP contribution in [0.25, 0.3) is 0 Å². The van der Waals surface area contributed by atoms with E-state index in [9.17, 15) is 9.90 Å². The Morgan fingerprint density at radius 2 is 1.67 bits per heavy atom. The first-order chi connectivity index (χ1) is 2.64. The zero-order valence-electron chi connectivity index (χ0n) is 5.84. The molecule has 0 aliphatic heterocycles. The molecule has 0 saturated carbocycles. The maximum atomic E-state index is 9.34. The van der Waals surface area contributed by atoms with Crippen molar-refractivity contribution in [2.75, 3.05) is 0 Å². The molecule has 0 saturated heterocycles. The van der Waals surface area contributed by atoms with Gasteiger partial charge in [-0.05, 0) is 6.92 Å². The van der Waals surface area contributed by atoms with Crippen molar-refractivity contribution in [3.05, 3.63) is 0 Å². The zero-order valence-corrected chi connectivity index (χ0v) is 11.4. The molecule has 0 amide bonds. The van der Waals surface area contributed by atoms with Gasteiger partial charge in [-0.1, -0.05) is 0 Å². The molecule has 6 heteroatoms. The molecule has 0 bridgehead atoms. The summed E-state index contributed by atoms with van der Waals surface area (Å²) >= 11 is 0. The number of aliphatic carboxylic acids is 1. The normalized spacial score (nSPS) is 9.11. The van der Waals surface area contributed by atoms with Gasteiger partial charge in [0.15, 0.2) is 0 Å². The van der Waals surface area contributed by atoms with E-state index in [1.807, 2.05) is 0 Å². The smallest absolute Gasteiger partial charge is 0.547 e. The quantitative estimate of drug-likeness (QED) is 0.410. The number of carbonyl (C=O) groups is 1. The summed E-state index contributed by atoms with van der Waals surface area (Å²) in [5, 5.41) is 17.3. The van der Waals surface area contributed by atoms with Crippen LogP contribution in [0.15, 0.2) is 0 Å². The summed E-state index contributed by atoms with van der Waals surface area (Å²) < 4.78 is 0. The molecule has 0 aliphatic carbocycles. The molecule has 0 rings (SSSR count). The molecule has 1 N–H and O–H groups in total. The predicted octanol–water partition coefficient (Wildman–Crippen LogP) is -7.88. The van der Waals surface area contributed by atoms with Gasteiger partial charge < -0.3 is 15.0 Å². The fourth-order valence-corrected chi connectivity index (χ4v) is 0. The fraction of sp³-hybridized carbons (Fsp3) is 0.667. The fourth-order valence-electron chi connectivity index (χ4n) is 0. The summed E-state index contributed by atoms with van der Waals surface area (Å²) in [4.78, 5) is 9.34. The van der Waals surface area contributed by atoms with Gasteiger partial charge in [0, 0.05) is 0 Å². The number of rotatable bonds is 1. The molecule has 0 aromatic heterocycles. The van der Waals surface area contributed by atoms with Crippen LogP contribution in [0.4, 0.5) is 0 Å². The van der Waals surface area contributed by atoms with Crippen molar-refractivity contribution in [3.8, 4) is 0 Å².